The summed E-state index contributed by atoms with van der Waals surface area (Å²) in [6, 6.07) is 15.8. The number of fused-ring (bicyclic) bond motifs is 1. The Morgan fingerprint density at radius 1 is 1.05 bits per heavy atom. The second kappa shape index (κ2) is 11.4. The molecule has 0 bridgehead atoms. The van der Waals surface area contributed by atoms with Crippen molar-refractivity contribution in [2.75, 3.05) is 60.7 Å². The average Bonchev–Trinajstić information content (AvgIpc) is 2.93. The number of benzene rings is 2. The number of carbonyl (C=O) groups is 1. The molecule has 1 aromatic heterocycles. The average molecular weight is 555 g/mol. The van der Waals surface area contributed by atoms with Gasteiger partial charge in [-0.05, 0) is 88.0 Å². The molecular weight excluding hydrogens is 521 g/mol. The van der Waals surface area contributed by atoms with Crippen molar-refractivity contribution in [2.45, 2.75) is 31.8 Å². The molecule has 0 saturated carbocycles. The monoisotopic (exact) mass is 553 g/mol. The van der Waals surface area contributed by atoms with E-state index in [0.29, 0.717) is 28.4 Å². The van der Waals surface area contributed by atoms with Gasteiger partial charge in [0.15, 0.2) is 11.5 Å². The fraction of sp³-hybridized carbons (Fsp3) is 0.393. The van der Waals surface area contributed by atoms with Gasteiger partial charge in [-0.3, -0.25) is 4.79 Å². The summed E-state index contributed by atoms with van der Waals surface area (Å²) in [5.41, 5.74) is 3.86. The van der Waals surface area contributed by atoms with Crippen molar-refractivity contribution in [2.24, 2.45) is 0 Å². The molecule has 200 valence electrons. The Balaban J connectivity index is 1.29. The van der Waals surface area contributed by atoms with Crippen LogP contribution in [0.1, 0.15) is 41.9 Å². The summed E-state index contributed by atoms with van der Waals surface area (Å²) in [6.45, 7) is 5.55. The van der Waals surface area contributed by atoms with E-state index < -0.39 is 0 Å². The number of hydrogen-bond acceptors (Lipinski definition) is 7. The first-order valence-electron chi connectivity index (χ1n) is 13.0. The van der Waals surface area contributed by atoms with E-state index in [1.807, 2.05) is 18.2 Å². The SMILES string of the molecule is C[C@H](c1cc(Cl)ccc1Cl)N1CCNc2nnc(C(=O)Nc3ccc(N4CCC(N(C)C)CC4)cc3)cc21. The smallest absolute Gasteiger partial charge is 0.276 e. The third-order valence-corrected chi connectivity index (χ3v) is 8.10. The Labute approximate surface area is 233 Å². The Morgan fingerprint density at radius 3 is 2.50 bits per heavy atom. The molecule has 0 spiro atoms. The second-order valence-corrected chi connectivity index (χ2v) is 11.0. The highest BCUT2D eigenvalue weighted by atomic mass is 35.5. The van der Waals surface area contributed by atoms with Gasteiger partial charge in [-0.15, -0.1) is 10.2 Å². The van der Waals surface area contributed by atoms with Gasteiger partial charge in [-0.2, -0.15) is 0 Å². The van der Waals surface area contributed by atoms with Gasteiger partial charge >= 0.3 is 0 Å². The van der Waals surface area contributed by atoms with Crippen LogP contribution in [-0.2, 0) is 0 Å². The third kappa shape index (κ3) is 5.67. The van der Waals surface area contributed by atoms with Crippen LogP contribution in [0.25, 0.3) is 0 Å². The summed E-state index contributed by atoms with van der Waals surface area (Å²) in [5.74, 6) is 0.332. The first-order valence-corrected chi connectivity index (χ1v) is 13.7. The third-order valence-electron chi connectivity index (χ3n) is 7.52. The number of carbonyl (C=O) groups excluding carboxylic acids is 1. The molecular formula is C28H33Cl2N7O. The molecule has 1 amide bonds. The molecule has 38 heavy (non-hydrogen) atoms. The van der Waals surface area contributed by atoms with Gasteiger partial charge in [0.2, 0.25) is 0 Å². The van der Waals surface area contributed by atoms with Gasteiger partial charge in [0.05, 0.1) is 11.7 Å². The molecule has 0 unspecified atom stereocenters. The number of amides is 1. The van der Waals surface area contributed by atoms with Crippen molar-refractivity contribution in [1.29, 1.82) is 0 Å². The number of nitrogens with zero attached hydrogens (tertiary/aromatic N) is 5. The Bertz CT molecular complexity index is 1290. The molecule has 8 nitrogen and oxygen atoms in total. The van der Waals surface area contributed by atoms with Crippen LogP contribution in [0.4, 0.5) is 22.9 Å². The maximum absolute atomic E-state index is 13.1. The van der Waals surface area contributed by atoms with Crippen LogP contribution in [0.2, 0.25) is 10.0 Å². The van der Waals surface area contributed by atoms with E-state index in [4.69, 9.17) is 23.2 Å². The minimum atomic E-state index is -0.307. The zero-order valence-electron chi connectivity index (χ0n) is 21.9. The van der Waals surface area contributed by atoms with Crippen LogP contribution in [0.3, 0.4) is 0 Å². The van der Waals surface area contributed by atoms with E-state index in [2.05, 4.69) is 68.7 Å². The maximum Gasteiger partial charge on any atom is 0.276 e. The van der Waals surface area contributed by atoms with Crippen molar-refractivity contribution >= 4 is 52.0 Å². The molecule has 2 aliphatic rings. The van der Waals surface area contributed by atoms with E-state index in [1.54, 1.807) is 18.2 Å². The van der Waals surface area contributed by atoms with Gasteiger partial charge in [0, 0.05) is 53.6 Å². The quantitative estimate of drug-likeness (QED) is 0.413. The number of nitrogens with one attached hydrogen (secondary N) is 2. The molecule has 1 atom stereocenters. The van der Waals surface area contributed by atoms with Crippen LogP contribution in [-0.4, -0.2) is 67.3 Å². The summed E-state index contributed by atoms with van der Waals surface area (Å²) in [5, 5.41) is 16.0. The zero-order valence-corrected chi connectivity index (χ0v) is 23.4. The lowest BCUT2D eigenvalue weighted by molar-refractivity contribution is 0.102. The largest absolute Gasteiger partial charge is 0.371 e. The number of halogens is 2. The fourth-order valence-electron chi connectivity index (χ4n) is 5.25. The minimum absolute atomic E-state index is 0.0718. The Morgan fingerprint density at radius 2 is 1.79 bits per heavy atom. The van der Waals surface area contributed by atoms with Gasteiger partial charge < -0.3 is 25.3 Å². The van der Waals surface area contributed by atoms with E-state index in [9.17, 15) is 4.79 Å². The van der Waals surface area contributed by atoms with Gasteiger partial charge in [0.1, 0.15) is 0 Å². The predicted molar refractivity (Wildman–Crippen MR) is 156 cm³/mol. The lowest BCUT2D eigenvalue weighted by atomic mass is 10.0. The summed E-state index contributed by atoms with van der Waals surface area (Å²) in [6.07, 6.45) is 2.30. The molecule has 3 heterocycles. The lowest BCUT2D eigenvalue weighted by Gasteiger charge is -2.36. The van der Waals surface area contributed by atoms with Gasteiger partial charge in [0.25, 0.3) is 5.91 Å². The minimum Gasteiger partial charge on any atom is -0.371 e. The van der Waals surface area contributed by atoms with Gasteiger partial charge in [-0.25, -0.2) is 0 Å². The van der Waals surface area contributed by atoms with Crippen molar-refractivity contribution in [1.82, 2.24) is 15.1 Å². The molecule has 10 heteroatoms. The summed E-state index contributed by atoms with van der Waals surface area (Å²) < 4.78 is 0. The number of aromatic nitrogens is 2. The number of anilines is 4. The highest BCUT2D eigenvalue weighted by Gasteiger charge is 2.27. The molecule has 3 aromatic rings. The van der Waals surface area contributed by atoms with Crippen LogP contribution in [0.15, 0.2) is 48.5 Å². The first kappa shape index (κ1) is 26.5. The second-order valence-electron chi connectivity index (χ2n) is 10.1. The number of piperidine rings is 1. The molecule has 2 aromatic carbocycles. The molecule has 0 aliphatic carbocycles. The number of hydrogen-bond donors (Lipinski definition) is 2. The standard InChI is InChI=1S/C28H33Cl2N7O/c1-18(23-16-19(29)4-9-24(23)30)37-15-12-31-27-26(37)17-25(33-34-27)28(38)32-20-5-7-22(8-6-20)36-13-10-21(11-14-36)35(2)3/h4-9,16-18,21H,10-15H2,1-3H3,(H,31,34)(H,32,38)/t18-/m1/s1. The van der Waals surface area contributed by atoms with E-state index >= 15 is 0 Å². The lowest BCUT2D eigenvalue weighted by Crippen LogP contribution is -2.41. The molecule has 0 radical (unpaired) electrons. The van der Waals surface area contributed by atoms with Crippen molar-refractivity contribution < 1.29 is 4.79 Å². The predicted octanol–water partition coefficient (Wildman–Crippen LogP) is 5.56. The summed E-state index contributed by atoms with van der Waals surface area (Å²) >= 11 is 12.7. The van der Waals surface area contributed by atoms with Crippen LogP contribution >= 0.6 is 23.2 Å². The van der Waals surface area contributed by atoms with E-state index in [-0.39, 0.29) is 17.6 Å². The van der Waals surface area contributed by atoms with Crippen LogP contribution in [0, 0.1) is 0 Å². The molecule has 2 aliphatic heterocycles. The summed E-state index contributed by atoms with van der Waals surface area (Å²) in [7, 11) is 4.29. The normalized spacial score (nSPS) is 16.7. The highest BCUT2D eigenvalue weighted by Crippen LogP contribution is 2.37. The molecule has 5 rings (SSSR count). The molecule has 1 fully saturated rings. The van der Waals surface area contributed by atoms with Crippen molar-refractivity contribution in [3.05, 3.63) is 69.8 Å². The number of rotatable bonds is 6. The Kier molecular flexibility index (Phi) is 7.93. The van der Waals surface area contributed by atoms with Crippen LogP contribution < -0.4 is 20.4 Å². The molecule has 2 N–H and O–H groups in total. The fourth-order valence-corrected chi connectivity index (χ4v) is 5.70. The Hall–Kier alpha value is -3.07. The summed E-state index contributed by atoms with van der Waals surface area (Å²) in [4.78, 5) is 20.0. The maximum atomic E-state index is 13.1. The van der Waals surface area contributed by atoms with Crippen LogP contribution in [0.5, 0.6) is 0 Å². The first-order chi connectivity index (χ1) is 18.3. The highest BCUT2D eigenvalue weighted by molar-refractivity contribution is 6.33. The van der Waals surface area contributed by atoms with Crippen molar-refractivity contribution in [3.8, 4) is 0 Å². The topological polar surface area (TPSA) is 76.6 Å². The zero-order chi connectivity index (χ0) is 26.8. The van der Waals surface area contributed by atoms with E-state index in [1.165, 1.54) is 5.69 Å². The van der Waals surface area contributed by atoms with E-state index in [0.717, 1.165) is 49.4 Å². The van der Waals surface area contributed by atoms with Crippen molar-refractivity contribution in [3.63, 3.8) is 0 Å². The van der Waals surface area contributed by atoms with Gasteiger partial charge in [-0.1, -0.05) is 23.2 Å². The molecule has 1 saturated heterocycles.